The molecule has 6 nitrogen and oxygen atoms in total. The van der Waals surface area contributed by atoms with E-state index in [0.29, 0.717) is 13.0 Å². The van der Waals surface area contributed by atoms with Crippen molar-refractivity contribution in [3.05, 3.63) is 71.9 Å². The lowest BCUT2D eigenvalue weighted by Crippen LogP contribution is -2.42. The average Bonchev–Trinajstić information content (AvgIpc) is 3.17. The van der Waals surface area contributed by atoms with E-state index in [2.05, 4.69) is 10.2 Å². The van der Waals surface area contributed by atoms with Crippen molar-refractivity contribution in [3.63, 3.8) is 0 Å². The molecule has 0 fully saturated rings. The Morgan fingerprint density at radius 3 is 2.56 bits per heavy atom. The van der Waals surface area contributed by atoms with Gasteiger partial charge in [0.2, 0.25) is 5.91 Å². The molecule has 2 aromatic carbocycles. The van der Waals surface area contributed by atoms with Gasteiger partial charge >= 0.3 is 0 Å². The number of carbonyl (C=O) groups is 1. The quantitative estimate of drug-likeness (QED) is 0.675. The molecule has 0 unspecified atom stereocenters. The fourth-order valence-electron chi connectivity index (χ4n) is 2.92. The first kappa shape index (κ1) is 18.7. The van der Waals surface area contributed by atoms with Gasteiger partial charge in [-0.3, -0.25) is 9.89 Å². The van der Waals surface area contributed by atoms with Crippen LogP contribution in [0.3, 0.4) is 0 Å². The van der Waals surface area contributed by atoms with Gasteiger partial charge in [0, 0.05) is 12.6 Å². The van der Waals surface area contributed by atoms with E-state index in [-0.39, 0.29) is 5.91 Å². The van der Waals surface area contributed by atoms with Crippen LogP contribution in [0.2, 0.25) is 0 Å². The molecule has 0 aliphatic rings. The SMILES string of the molecule is COc1ccc(C[C@H](N)C(=O)N(C)Cc2cc(-c3ccccc3)n[nH]2)cc1. The zero-order valence-electron chi connectivity index (χ0n) is 15.6. The number of hydrogen-bond acceptors (Lipinski definition) is 4. The Labute approximate surface area is 159 Å². The van der Waals surface area contributed by atoms with Gasteiger partial charge in [-0.05, 0) is 30.2 Å². The fourth-order valence-corrected chi connectivity index (χ4v) is 2.92. The number of ether oxygens (including phenoxy) is 1. The number of aromatic nitrogens is 2. The van der Waals surface area contributed by atoms with Crippen molar-refractivity contribution in [2.75, 3.05) is 14.2 Å². The van der Waals surface area contributed by atoms with E-state index >= 15 is 0 Å². The molecule has 3 aromatic rings. The van der Waals surface area contributed by atoms with Crippen molar-refractivity contribution < 1.29 is 9.53 Å². The third kappa shape index (κ3) is 4.74. The summed E-state index contributed by atoms with van der Waals surface area (Å²) in [5.74, 6) is 0.672. The standard InChI is InChI=1S/C21H24N4O2/c1-25(14-17-13-20(24-23-17)16-6-4-3-5-7-16)21(26)19(22)12-15-8-10-18(27-2)11-9-15/h3-11,13,19H,12,14,22H2,1-2H3,(H,23,24)/t19-/m0/s1. The van der Waals surface area contributed by atoms with Crippen molar-refractivity contribution in [2.45, 2.75) is 19.0 Å². The number of likely N-dealkylation sites (N-methyl/N-ethyl adjacent to an activating group) is 1. The molecule has 1 aromatic heterocycles. The van der Waals surface area contributed by atoms with Gasteiger partial charge in [0.05, 0.1) is 31.1 Å². The van der Waals surface area contributed by atoms with Gasteiger partial charge < -0.3 is 15.4 Å². The van der Waals surface area contributed by atoms with Crippen molar-refractivity contribution >= 4 is 5.91 Å². The predicted molar refractivity (Wildman–Crippen MR) is 105 cm³/mol. The lowest BCUT2D eigenvalue weighted by atomic mass is 10.1. The third-order valence-corrected chi connectivity index (χ3v) is 4.42. The molecule has 0 aliphatic heterocycles. The highest BCUT2D eigenvalue weighted by molar-refractivity contribution is 5.81. The minimum atomic E-state index is -0.597. The van der Waals surface area contributed by atoms with Gasteiger partial charge in [0.1, 0.15) is 5.75 Å². The molecule has 1 heterocycles. The molecule has 3 rings (SSSR count). The first-order valence-corrected chi connectivity index (χ1v) is 8.80. The number of methoxy groups -OCH3 is 1. The number of benzene rings is 2. The summed E-state index contributed by atoms with van der Waals surface area (Å²) in [6, 6.07) is 18.8. The second-order valence-corrected chi connectivity index (χ2v) is 6.50. The van der Waals surface area contributed by atoms with Gasteiger partial charge in [0.15, 0.2) is 0 Å². The summed E-state index contributed by atoms with van der Waals surface area (Å²) in [5.41, 5.74) is 9.87. The van der Waals surface area contributed by atoms with E-state index < -0.39 is 6.04 Å². The zero-order valence-corrected chi connectivity index (χ0v) is 15.6. The lowest BCUT2D eigenvalue weighted by Gasteiger charge is -2.20. The number of nitrogens with two attached hydrogens (primary N) is 1. The van der Waals surface area contributed by atoms with Crippen LogP contribution in [0.5, 0.6) is 5.75 Å². The third-order valence-electron chi connectivity index (χ3n) is 4.42. The number of aromatic amines is 1. The van der Waals surface area contributed by atoms with Crippen LogP contribution in [-0.2, 0) is 17.8 Å². The number of rotatable bonds is 7. The maximum Gasteiger partial charge on any atom is 0.239 e. The second-order valence-electron chi connectivity index (χ2n) is 6.50. The Hall–Kier alpha value is -3.12. The minimum Gasteiger partial charge on any atom is -0.497 e. The summed E-state index contributed by atoms with van der Waals surface area (Å²) >= 11 is 0. The topological polar surface area (TPSA) is 84.2 Å². The van der Waals surface area contributed by atoms with E-state index in [4.69, 9.17) is 10.5 Å². The van der Waals surface area contributed by atoms with E-state index in [9.17, 15) is 4.79 Å². The molecule has 0 aliphatic carbocycles. The van der Waals surface area contributed by atoms with Crippen LogP contribution in [0, 0.1) is 0 Å². The molecular formula is C21H24N4O2. The highest BCUT2D eigenvalue weighted by Gasteiger charge is 2.19. The predicted octanol–water partition coefficient (Wildman–Crippen LogP) is 2.61. The Bertz CT molecular complexity index is 875. The molecule has 0 spiro atoms. The summed E-state index contributed by atoms with van der Waals surface area (Å²) in [7, 11) is 3.37. The largest absolute Gasteiger partial charge is 0.497 e. The van der Waals surface area contributed by atoms with E-state index in [1.54, 1.807) is 19.1 Å². The summed E-state index contributed by atoms with van der Waals surface area (Å²) in [5, 5.41) is 7.31. The molecular weight excluding hydrogens is 340 g/mol. The van der Waals surface area contributed by atoms with E-state index in [0.717, 1.165) is 28.3 Å². The number of carbonyl (C=O) groups excluding carboxylic acids is 1. The highest BCUT2D eigenvalue weighted by atomic mass is 16.5. The molecule has 140 valence electrons. The second kappa shape index (κ2) is 8.51. The molecule has 6 heteroatoms. The molecule has 0 saturated carbocycles. The van der Waals surface area contributed by atoms with Crippen molar-refractivity contribution in [1.82, 2.24) is 15.1 Å². The van der Waals surface area contributed by atoms with Crippen LogP contribution in [0.15, 0.2) is 60.7 Å². The van der Waals surface area contributed by atoms with Crippen molar-refractivity contribution in [3.8, 4) is 17.0 Å². The molecule has 0 bridgehead atoms. The molecule has 1 atom stereocenters. The monoisotopic (exact) mass is 364 g/mol. The molecule has 1 amide bonds. The van der Waals surface area contributed by atoms with E-state index in [1.807, 2.05) is 60.7 Å². The minimum absolute atomic E-state index is 0.110. The first-order valence-electron chi connectivity index (χ1n) is 8.80. The highest BCUT2D eigenvalue weighted by Crippen LogP contribution is 2.18. The van der Waals surface area contributed by atoms with Crippen molar-refractivity contribution in [2.24, 2.45) is 5.73 Å². The first-order chi connectivity index (χ1) is 13.1. The normalized spacial score (nSPS) is 11.8. The summed E-state index contributed by atoms with van der Waals surface area (Å²) in [6.45, 7) is 0.426. The maximum absolute atomic E-state index is 12.6. The number of nitrogens with one attached hydrogen (secondary N) is 1. The summed E-state index contributed by atoms with van der Waals surface area (Å²) in [6.07, 6.45) is 0.478. The number of H-pyrrole nitrogens is 1. The number of amides is 1. The van der Waals surface area contributed by atoms with E-state index in [1.165, 1.54) is 0 Å². The lowest BCUT2D eigenvalue weighted by molar-refractivity contribution is -0.131. The van der Waals surface area contributed by atoms with Gasteiger partial charge in [-0.25, -0.2) is 0 Å². The van der Waals surface area contributed by atoms with Gasteiger partial charge in [0.25, 0.3) is 0 Å². The summed E-state index contributed by atoms with van der Waals surface area (Å²) in [4.78, 5) is 14.2. The van der Waals surface area contributed by atoms with Crippen LogP contribution < -0.4 is 10.5 Å². The van der Waals surface area contributed by atoms with Gasteiger partial charge in [-0.2, -0.15) is 5.10 Å². The maximum atomic E-state index is 12.6. The number of hydrogen-bond donors (Lipinski definition) is 2. The van der Waals surface area contributed by atoms with Gasteiger partial charge in [-0.1, -0.05) is 42.5 Å². The molecule has 27 heavy (non-hydrogen) atoms. The van der Waals surface area contributed by atoms with Crippen LogP contribution in [0.4, 0.5) is 0 Å². The molecule has 0 radical (unpaired) electrons. The Balaban J connectivity index is 1.59. The zero-order chi connectivity index (χ0) is 19.2. The van der Waals surface area contributed by atoms with Crippen LogP contribution in [0.1, 0.15) is 11.3 Å². The van der Waals surface area contributed by atoms with Crippen LogP contribution in [-0.4, -0.2) is 41.2 Å². The summed E-state index contributed by atoms with van der Waals surface area (Å²) < 4.78 is 5.14. The van der Waals surface area contributed by atoms with Crippen LogP contribution >= 0.6 is 0 Å². The van der Waals surface area contributed by atoms with Crippen molar-refractivity contribution in [1.29, 1.82) is 0 Å². The fraction of sp³-hybridized carbons (Fsp3) is 0.238. The number of nitrogens with zero attached hydrogens (tertiary/aromatic N) is 2. The Kier molecular flexibility index (Phi) is 5.88. The smallest absolute Gasteiger partial charge is 0.239 e. The average molecular weight is 364 g/mol. The Morgan fingerprint density at radius 1 is 1.19 bits per heavy atom. The van der Waals surface area contributed by atoms with Crippen LogP contribution in [0.25, 0.3) is 11.3 Å². The molecule has 3 N–H and O–H groups in total. The molecule has 0 saturated heterocycles. The van der Waals surface area contributed by atoms with Gasteiger partial charge in [-0.15, -0.1) is 0 Å². The Morgan fingerprint density at radius 2 is 1.89 bits per heavy atom.